The molecule has 2 aliphatic carbocycles. The number of anilines is 1. The van der Waals surface area contributed by atoms with Crippen LogP contribution < -0.4 is 10.1 Å². The van der Waals surface area contributed by atoms with E-state index in [4.69, 9.17) is 4.74 Å². The molecule has 2 saturated carbocycles. The molecule has 1 aromatic rings. The Bertz CT molecular complexity index is 415. The van der Waals surface area contributed by atoms with Crippen molar-refractivity contribution >= 4 is 5.69 Å². The Morgan fingerprint density at radius 1 is 1.24 bits per heavy atom. The predicted octanol–water partition coefficient (Wildman–Crippen LogP) is 3.60. The molecule has 3 rings (SSSR count). The van der Waals surface area contributed by atoms with E-state index in [1.807, 2.05) is 0 Å². The third kappa shape index (κ3) is 2.01. The first-order valence-electron chi connectivity index (χ1n) is 6.67. The van der Waals surface area contributed by atoms with E-state index < -0.39 is 0 Å². The molecule has 0 aromatic heterocycles. The van der Waals surface area contributed by atoms with Crippen LogP contribution in [0.2, 0.25) is 0 Å². The van der Waals surface area contributed by atoms with E-state index in [1.165, 1.54) is 36.9 Å². The minimum absolute atomic E-state index is 0.710. The first kappa shape index (κ1) is 10.9. The number of rotatable bonds is 3. The van der Waals surface area contributed by atoms with Crippen LogP contribution in [0.15, 0.2) is 18.2 Å². The molecule has 0 aliphatic heterocycles. The van der Waals surface area contributed by atoms with Crippen molar-refractivity contribution in [3.05, 3.63) is 23.8 Å². The summed E-state index contributed by atoms with van der Waals surface area (Å²) in [6.07, 6.45) is 5.71. The highest BCUT2D eigenvalue weighted by atomic mass is 16.5. The number of aryl methyl sites for hydroxylation is 1. The Kier molecular flexibility index (Phi) is 2.73. The first-order valence-corrected chi connectivity index (χ1v) is 6.67. The summed E-state index contributed by atoms with van der Waals surface area (Å²) in [4.78, 5) is 0. The van der Waals surface area contributed by atoms with Crippen molar-refractivity contribution in [1.82, 2.24) is 0 Å². The number of ether oxygens (including phenoxy) is 1. The normalized spacial score (nSPS) is 30.6. The third-order valence-electron chi connectivity index (χ3n) is 4.49. The lowest BCUT2D eigenvalue weighted by Crippen LogP contribution is -2.25. The molecule has 3 atom stereocenters. The van der Waals surface area contributed by atoms with Crippen LogP contribution in [0.3, 0.4) is 0 Å². The molecule has 2 fully saturated rings. The lowest BCUT2D eigenvalue weighted by molar-refractivity contribution is 0.411. The van der Waals surface area contributed by atoms with Crippen LogP contribution in [0.5, 0.6) is 5.75 Å². The standard InChI is InChI=1S/C15H21NO/c1-10-7-13(5-6-15(10)17-2)16-14-9-11-3-4-12(14)8-11/h5-7,11-12,14,16H,3-4,8-9H2,1-2H3. The highest BCUT2D eigenvalue weighted by Crippen LogP contribution is 2.45. The number of hydrogen-bond acceptors (Lipinski definition) is 2. The fourth-order valence-electron chi connectivity index (χ4n) is 3.60. The zero-order valence-electron chi connectivity index (χ0n) is 10.7. The van der Waals surface area contributed by atoms with Crippen molar-refractivity contribution in [3.63, 3.8) is 0 Å². The van der Waals surface area contributed by atoms with Crippen LogP contribution in [0.25, 0.3) is 0 Å². The first-order chi connectivity index (χ1) is 8.26. The molecule has 0 heterocycles. The summed E-state index contributed by atoms with van der Waals surface area (Å²) in [6.45, 7) is 2.10. The predicted molar refractivity (Wildman–Crippen MR) is 70.6 cm³/mol. The van der Waals surface area contributed by atoms with Gasteiger partial charge in [-0.3, -0.25) is 0 Å². The van der Waals surface area contributed by atoms with Gasteiger partial charge in [-0.2, -0.15) is 0 Å². The molecule has 17 heavy (non-hydrogen) atoms. The smallest absolute Gasteiger partial charge is 0.121 e. The fourth-order valence-corrected chi connectivity index (χ4v) is 3.60. The lowest BCUT2D eigenvalue weighted by atomic mass is 9.95. The van der Waals surface area contributed by atoms with Gasteiger partial charge in [-0.25, -0.2) is 0 Å². The zero-order valence-corrected chi connectivity index (χ0v) is 10.7. The van der Waals surface area contributed by atoms with E-state index in [2.05, 4.69) is 30.4 Å². The van der Waals surface area contributed by atoms with E-state index in [-0.39, 0.29) is 0 Å². The molecule has 0 spiro atoms. The highest BCUT2D eigenvalue weighted by Gasteiger charge is 2.39. The van der Waals surface area contributed by atoms with E-state index in [9.17, 15) is 0 Å². The summed E-state index contributed by atoms with van der Waals surface area (Å²) in [7, 11) is 1.73. The molecule has 0 saturated heterocycles. The van der Waals surface area contributed by atoms with Crippen molar-refractivity contribution in [2.75, 3.05) is 12.4 Å². The van der Waals surface area contributed by atoms with Crippen LogP contribution in [0, 0.1) is 18.8 Å². The molecular weight excluding hydrogens is 210 g/mol. The van der Waals surface area contributed by atoms with E-state index in [0.717, 1.165) is 17.6 Å². The van der Waals surface area contributed by atoms with Crippen LogP contribution in [0.1, 0.15) is 31.2 Å². The Hall–Kier alpha value is -1.18. The van der Waals surface area contributed by atoms with Crippen molar-refractivity contribution in [2.24, 2.45) is 11.8 Å². The summed E-state index contributed by atoms with van der Waals surface area (Å²) >= 11 is 0. The average Bonchev–Trinajstić information content (AvgIpc) is 2.91. The molecule has 2 nitrogen and oxygen atoms in total. The second kappa shape index (κ2) is 4.25. The molecule has 2 aliphatic rings. The monoisotopic (exact) mass is 231 g/mol. The quantitative estimate of drug-likeness (QED) is 0.858. The Morgan fingerprint density at radius 2 is 2.12 bits per heavy atom. The van der Waals surface area contributed by atoms with Gasteiger partial charge in [-0.15, -0.1) is 0 Å². The molecule has 92 valence electrons. The lowest BCUT2D eigenvalue weighted by Gasteiger charge is -2.24. The number of nitrogens with one attached hydrogen (secondary N) is 1. The van der Waals surface area contributed by atoms with Crippen molar-refractivity contribution in [2.45, 2.75) is 38.6 Å². The van der Waals surface area contributed by atoms with Crippen LogP contribution in [-0.4, -0.2) is 13.2 Å². The van der Waals surface area contributed by atoms with Gasteiger partial charge in [0.1, 0.15) is 5.75 Å². The number of methoxy groups -OCH3 is 1. The van der Waals surface area contributed by atoms with Gasteiger partial charge < -0.3 is 10.1 Å². The van der Waals surface area contributed by atoms with Crippen molar-refractivity contribution in [1.29, 1.82) is 0 Å². The van der Waals surface area contributed by atoms with Gasteiger partial charge in [-0.1, -0.05) is 6.42 Å². The fraction of sp³-hybridized carbons (Fsp3) is 0.600. The molecule has 0 amide bonds. The van der Waals surface area contributed by atoms with Crippen LogP contribution in [0.4, 0.5) is 5.69 Å². The van der Waals surface area contributed by atoms with E-state index >= 15 is 0 Å². The van der Waals surface area contributed by atoms with Gasteiger partial charge in [0.25, 0.3) is 0 Å². The van der Waals surface area contributed by atoms with E-state index in [0.29, 0.717) is 6.04 Å². The summed E-state index contributed by atoms with van der Waals surface area (Å²) in [5.74, 6) is 2.89. The summed E-state index contributed by atoms with van der Waals surface area (Å²) in [5.41, 5.74) is 2.46. The second-order valence-corrected chi connectivity index (χ2v) is 5.61. The molecule has 1 aromatic carbocycles. The molecule has 2 heteroatoms. The molecule has 1 N–H and O–H groups in total. The van der Waals surface area contributed by atoms with Gasteiger partial charge in [0.15, 0.2) is 0 Å². The zero-order chi connectivity index (χ0) is 11.8. The summed E-state index contributed by atoms with van der Waals surface area (Å²) in [6, 6.07) is 7.11. The second-order valence-electron chi connectivity index (χ2n) is 5.61. The maximum atomic E-state index is 5.29. The van der Waals surface area contributed by atoms with Crippen LogP contribution >= 0.6 is 0 Å². The van der Waals surface area contributed by atoms with Gasteiger partial charge in [-0.05, 0) is 61.8 Å². The minimum atomic E-state index is 0.710. The van der Waals surface area contributed by atoms with E-state index in [1.54, 1.807) is 7.11 Å². The Morgan fingerprint density at radius 3 is 2.71 bits per heavy atom. The molecule has 3 unspecified atom stereocenters. The Labute approximate surface area is 103 Å². The molecule has 0 radical (unpaired) electrons. The number of benzene rings is 1. The van der Waals surface area contributed by atoms with Gasteiger partial charge in [0, 0.05) is 11.7 Å². The SMILES string of the molecule is COc1ccc(NC2CC3CCC2C3)cc1C. The van der Waals surface area contributed by atoms with Crippen molar-refractivity contribution < 1.29 is 4.74 Å². The van der Waals surface area contributed by atoms with Crippen molar-refractivity contribution in [3.8, 4) is 5.75 Å². The van der Waals surface area contributed by atoms with Gasteiger partial charge >= 0.3 is 0 Å². The largest absolute Gasteiger partial charge is 0.496 e. The highest BCUT2D eigenvalue weighted by molar-refractivity contribution is 5.51. The van der Waals surface area contributed by atoms with Crippen LogP contribution in [-0.2, 0) is 0 Å². The number of hydrogen-bond donors (Lipinski definition) is 1. The topological polar surface area (TPSA) is 21.3 Å². The van der Waals surface area contributed by atoms with Gasteiger partial charge in [0.2, 0.25) is 0 Å². The third-order valence-corrected chi connectivity index (χ3v) is 4.49. The molecule has 2 bridgehead atoms. The minimum Gasteiger partial charge on any atom is -0.496 e. The number of fused-ring (bicyclic) bond motifs is 2. The molecular formula is C15H21NO. The van der Waals surface area contributed by atoms with Gasteiger partial charge in [0.05, 0.1) is 7.11 Å². The summed E-state index contributed by atoms with van der Waals surface area (Å²) < 4.78 is 5.29. The average molecular weight is 231 g/mol. The summed E-state index contributed by atoms with van der Waals surface area (Å²) in [5, 5.41) is 3.71. The maximum Gasteiger partial charge on any atom is 0.121 e. The maximum absolute atomic E-state index is 5.29. The Balaban J connectivity index is 1.71.